The molecule has 1 saturated heterocycles. The van der Waals surface area contributed by atoms with E-state index in [-0.39, 0.29) is 5.82 Å². The molecule has 1 heterocycles. The number of hydrogen-bond acceptors (Lipinski definition) is 3. The van der Waals surface area contributed by atoms with E-state index < -0.39 is 0 Å². The van der Waals surface area contributed by atoms with Gasteiger partial charge in [-0.05, 0) is 56.6 Å². The van der Waals surface area contributed by atoms with E-state index in [1.807, 2.05) is 0 Å². The van der Waals surface area contributed by atoms with Crippen LogP contribution in [0.1, 0.15) is 37.3 Å². The van der Waals surface area contributed by atoms with Gasteiger partial charge in [-0.2, -0.15) is 5.26 Å². The summed E-state index contributed by atoms with van der Waals surface area (Å²) in [4.78, 5) is 2.49. The van der Waals surface area contributed by atoms with Crippen molar-refractivity contribution in [1.82, 2.24) is 10.2 Å². The fourth-order valence-corrected chi connectivity index (χ4v) is 2.72. The summed E-state index contributed by atoms with van der Waals surface area (Å²) in [5.41, 5.74) is 1.28. The molecule has 1 fully saturated rings. The van der Waals surface area contributed by atoms with Crippen molar-refractivity contribution in [2.75, 3.05) is 19.6 Å². The Morgan fingerprint density at radius 1 is 1.35 bits per heavy atom. The lowest BCUT2D eigenvalue weighted by Gasteiger charge is -2.32. The Morgan fingerprint density at radius 2 is 2.10 bits per heavy atom. The van der Waals surface area contributed by atoms with Gasteiger partial charge < -0.3 is 5.32 Å². The lowest BCUT2D eigenvalue weighted by molar-refractivity contribution is 0.170. The van der Waals surface area contributed by atoms with E-state index in [1.165, 1.54) is 44.5 Å². The van der Waals surface area contributed by atoms with Crippen molar-refractivity contribution in [3.8, 4) is 6.07 Å². The second-order valence-corrected chi connectivity index (χ2v) is 5.49. The van der Waals surface area contributed by atoms with Gasteiger partial charge in [0, 0.05) is 19.1 Å². The van der Waals surface area contributed by atoms with Crippen molar-refractivity contribution < 1.29 is 4.39 Å². The quantitative estimate of drug-likeness (QED) is 0.898. The highest BCUT2D eigenvalue weighted by molar-refractivity contribution is 5.37. The van der Waals surface area contributed by atoms with Crippen LogP contribution < -0.4 is 5.32 Å². The Kier molecular flexibility index (Phi) is 5.51. The molecule has 1 aliphatic heterocycles. The predicted octanol–water partition coefficient (Wildman–Crippen LogP) is 2.66. The highest BCUT2D eigenvalue weighted by Gasteiger charge is 2.16. The van der Waals surface area contributed by atoms with Crippen molar-refractivity contribution in [3.63, 3.8) is 0 Å². The summed E-state index contributed by atoms with van der Waals surface area (Å²) in [6.07, 6.45) is 3.91. The van der Waals surface area contributed by atoms with Crippen molar-refractivity contribution >= 4 is 0 Å². The monoisotopic (exact) mass is 275 g/mol. The fourth-order valence-electron chi connectivity index (χ4n) is 2.72. The number of hydrogen-bond donors (Lipinski definition) is 1. The minimum Gasteiger partial charge on any atom is -0.311 e. The van der Waals surface area contributed by atoms with Gasteiger partial charge in [-0.3, -0.25) is 4.90 Å². The summed E-state index contributed by atoms with van der Waals surface area (Å²) in [5, 5.41) is 12.4. The zero-order valence-electron chi connectivity index (χ0n) is 12.0. The Hall–Kier alpha value is -1.44. The van der Waals surface area contributed by atoms with Crippen LogP contribution in [0.25, 0.3) is 0 Å². The first-order chi connectivity index (χ1) is 9.70. The van der Waals surface area contributed by atoms with Crippen LogP contribution in [-0.2, 0) is 6.54 Å². The molecule has 0 aromatic heterocycles. The van der Waals surface area contributed by atoms with Gasteiger partial charge in [0.1, 0.15) is 5.82 Å². The average Bonchev–Trinajstić information content (AvgIpc) is 2.48. The number of piperidine rings is 1. The van der Waals surface area contributed by atoms with E-state index in [0.717, 1.165) is 12.1 Å². The molecule has 1 aromatic rings. The molecule has 4 heteroatoms. The maximum atomic E-state index is 13.2. The molecular weight excluding hydrogens is 253 g/mol. The number of nitrogens with zero attached hydrogens (tertiary/aromatic N) is 2. The van der Waals surface area contributed by atoms with Crippen molar-refractivity contribution in [2.24, 2.45) is 0 Å². The van der Waals surface area contributed by atoms with Gasteiger partial charge in [-0.15, -0.1) is 0 Å². The van der Waals surface area contributed by atoms with Crippen LogP contribution in [0.2, 0.25) is 0 Å². The fraction of sp³-hybridized carbons (Fsp3) is 0.562. The van der Waals surface area contributed by atoms with Crippen LogP contribution in [-0.4, -0.2) is 30.6 Å². The summed E-state index contributed by atoms with van der Waals surface area (Å²) in [6.45, 7) is 5.97. The standard InChI is InChI=1S/C16H22FN3/c1-13(20-7-3-2-4-8-20)11-19-12-15-9-16(17)6-5-14(15)10-18/h5-6,9,13,19H,2-4,7-8,11-12H2,1H3. The first kappa shape index (κ1) is 15.0. The van der Waals surface area contributed by atoms with E-state index in [2.05, 4.69) is 23.2 Å². The molecule has 3 nitrogen and oxygen atoms in total. The second kappa shape index (κ2) is 7.37. The molecule has 2 rings (SSSR count). The van der Waals surface area contributed by atoms with Gasteiger partial charge in [0.05, 0.1) is 11.6 Å². The number of benzene rings is 1. The third kappa shape index (κ3) is 4.03. The highest BCUT2D eigenvalue weighted by atomic mass is 19.1. The molecule has 0 amide bonds. The van der Waals surface area contributed by atoms with E-state index in [9.17, 15) is 4.39 Å². The smallest absolute Gasteiger partial charge is 0.123 e. The highest BCUT2D eigenvalue weighted by Crippen LogP contribution is 2.13. The molecule has 1 N–H and O–H groups in total. The van der Waals surface area contributed by atoms with Crippen LogP contribution in [0.4, 0.5) is 4.39 Å². The number of rotatable bonds is 5. The molecule has 0 bridgehead atoms. The number of nitriles is 1. The van der Waals surface area contributed by atoms with Gasteiger partial charge in [0.2, 0.25) is 0 Å². The van der Waals surface area contributed by atoms with Gasteiger partial charge in [0.25, 0.3) is 0 Å². The Balaban J connectivity index is 1.83. The second-order valence-electron chi connectivity index (χ2n) is 5.49. The summed E-state index contributed by atoms with van der Waals surface area (Å²) in [7, 11) is 0. The molecule has 108 valence electrons. The predicted molar refractivity (Wildman–Crippen MR) is 77.7 cm³/mol. The average molecular weight is 275 g/mol. The number of likely N-dealkylation sites (tertiary alicyclic amines) is 1. The molecule has 0 saturated carbocycles. The van der Waals surface area contributed by atoms with Crippen molar-refractivity contribution in [2.45, 2.75) is 38.8 Å². The third-order valence-corrected chi connectivity index (χ3v) is 3.96. The SMILES string of the molecule is CC(CNCc1cc(F)ccc1C#N)N1CCCCC1. The summed E-state index contributed by atoms with van der Waals surface area (Å²) < 4.78 is 13.2. The van der Waals surface area contributed by atoms with Crippen LogP contribution in [0.15, 0.2) is 18.2 Å². The van der Waals surface area contributed by atoms with E-state index in [0.29, 0.717) is 18.2 Å². The molecule has 0 radical (unpaired) electrons. The molecule has 1 aromatic carbocycles. The Bertz CT molecular complexity index is 475. The van der Waals surface area contributed by atoms with Crippen LogP contribution in [0.3, 0.4) is 0 Å². The molecule has 1 atom stereocenters. The summed E-state index contributed by atoms with van der Waals surface area (Å²) in [6, 6.07) is 6.90. The number of nitrogens with one attached hydrogen (secondary N) is 1. The number of halogens is 1. The normalized spacial score (nSPS) is 17.6. The lowest BCUT2D eigenvalue weighted by atomic mass is 10.1. The van der Waals surface area contributed by atoms with Gasteiger partial charge in [-0.25, -0.2) is 4.39 Å². The Morgan fingerprint density at radius 3 is 2.80 bits per heavy atom. The molecule has 0 spiro atoms. The lowest BCUT2D eigenvalue weighted by Crippen LogP contribution is -2.43. The zero-order chi connectivity index (χ0) is 14.4. The Labute approximate surface area is 120 Å². The molecule has 0 aliphatic carbocycles. The van der Waals surface area contributed by atoms with Gasteiger partial charge in [0.15, 0.2) is 0 Å². The third-order valence-electron chi connectivity index (χ3n) is 3.96. The van der Waals surface area contributed by atoms with E-state index in [1.54, 1.807) is 6.07 Å². The molecule has 20 heavy (non-hydrogen) atoms. The van der Waals surface area contributed by atoms with Gasteiger partial charge in [-0.1, -0.05) is 6.42 Å². The summed E-state index contributed by atoms with van der Waals surface area (Å²) >= 11 is 0. The topological polar surface area (TPSA) is 39.1 Å². The first-order valence-corrected chi connectivity index (χ1v) is 7.34. The maximum absolute atomic E-state index is 13.2. The maximum Gasteiger partial charge on any atom is 0.123 e. The van der Waals surface area contributed by atoms with E-state index >= 15 is 0 Å². The van der Waals surface area contributed by atoms with Crippen LogP contribution >= 0.6 is 0 Å². The van der Waals surface area contributed by atoms with Crippen LogP contribution in [0.5, 0.6) is 0 Å². The van der Waals surface area contributed by atoms with Crippen molar-refractivity contribution in [3.05, 3.63) is 35.1 Å². The molecule has 1 aliphatic rings. The largest absolute Gasteiger partial charge is 0.311 e. The van der Waals surface area contributed by atoms with Crippen LogP contribution in [0, 0.1) is 17.1 Å². The zero-order valence-corrected chi connectivity index (χ0v) is 12.0. The first-order valence-electron chi connectivity index (χ1n) is 7.34. The van der Waals surface area contributed by atoms with Crippen molar-refractivity contribution in [1.29, 1.82) is 5.26 Å². The summed E-state index contributed by atoms with van der Waals surface area (Å²) in [5.74, 6) is -0.287. The van der Waals surface area contributed by atoms with Gasteiger partial charge >= 0.3 is 0 Å². The minimum absolute atomic E-state index is 0.287. The molecule has 1 unspecified atom stereocenters. The van der Waals surface area contributed by atoms with E-state index in [4.69, 9.17) is 5.26 Å². The molecular formula is C16H22FN3. The minimum atomic E-state index is -0.287.